The topological polar surface area (TPSA) is 21.3 Å². The Bertz CT molecular complexity index is 577. The van der Waals surface area contributed by atoms with Crippen LogP contribution in [0.4, 0.5) is 5.69 Å². The minimum atomic E-state index is 0.123. The van der Waals surface area contributed by atoms with E-state index in [1.807, 2.05) is 0 Å². The van der Waals surface area contributed by atoms with E-state index in [1.165, 1.54) is 22.3 Å². The summed E-state index contributed by atoms with van der Waals surface area (Å²) in [5.41, 5.74) is 6.29. The molecule has 0 aliphatic rings. The van der Waals surface area contributed by atoms with Crippen LogP contribution in [-0.4, -0.2) is 7.11 Å². The summed E-state index contributed by atoms with van der Waals surface area (Å²) in [7, 11) is 1.74. The number of methoxy groups -OCH3 is 1. The summed E-state index contributed by atoms with van der Waals surface area (Å²) in [5, 5.41) is 3.49. The molecule has 2 rings (SSSR count). The molecule has 0 amide bonds. The molecule has 0 aliphatic carbocycles. The Labute approximate surface area is 121 Å². The van der Waals surface area contributed by atoms with Crippen molar-refractivity contribution in [2.75, 3.05) is 12.4 Å². The van der Waals surface area contributed by atoms with Gasteiger partial charge in [0.05, 0.1) is 6.10 Å². The molecule has 0 heterocycles. The van der Waals surface area contributed by atoms with E-state index in [9.17, 15) is 0 Å². The van der Waals surface area contributed by atoms with Crippen LogP contribution in [0.25, 0.3) is 0 Å². The van der Waals surface area contributed by atoms with E-state index >= 15 is 0 Å². The lowest BCUT2D eigenvalue weighted by atomic mass is 10.1. The van der Waals surface area contributed by atoms with Gasteiger partial charge in [-0.2, -0.15) is 0 Å². The molecule has 2 aromatic carbocycles. The fourth-order valence-corrected chi connectivity index (χ4v) is 2.23. The molecule has 0 radical (unpaired) electrons. The summed E-state index contributed by atoms with van der Waals surface area (Å²) in [6.45, 7) is 7.19. The van der Waals surface area contributed by atoms with Crippen molar-refractivity contribution in [1.82, 2.24) is 0 Å². The Morgan fingerprint density at radius 1 is 1.10 bits per heavy atom. The SMILES string of the molecule is COC(C)c1cccc(NCc2cc(C)ccc2C)c1. The predicted molar refractivity (Wildman–Crippen MR) is 85.1 cm³/mol. The first kappa shape index (κ1) is 14.6. The number of hydrogen-bond donors (Lipinski definition) is 1. The van der Waals surface area contributed by atoms with Crippen LogP contribution in [0, 0.1) is 13.8 Å². The zero-order valence-corrected chi connectivity index (χ0v) is 12.7. The Kier molecular flexibility index (Phi) is 4.80. The van der Waals surface area contributed by atoms with Crippen LogP contribution in [0.5, 0.6) is 0 Å². The van der Waals surface area contributed by atoms with Gasteiger partial charge in [0.25, 0.3) is 0 Å². The minimum absolute atomic E-state index is 0.123. The zero-order chi connectivity index (χ0) is 14.5. The maximum atomic E-state index is 5.36. The second-order valence-electron chi connectivity index (χ2n) is 5.29. The molecular weight excluding hydrogens is 246 g/mol. The van der Waals surface area contributed by atoms with E-state index in [4.69, 9.17) is 4.74 Å². The van der Waals surface area contributed by atoms with E-state index in [2.05, 4.69) is 68.6 Å². The van der Waals surface area contributed by atoms with Crippen molar-refractivity contribution >= 4 is 5.69 Å². The van der Waals surface area contributed by atoms with Crippen molar-refractivity contribution in [1.29, 1.82) is 0 Å². The van der Waals surface area contributed by atoms with Gasteiger partial charge in [0.15, 0.2) is 0 Å². The average molecular weight is 269 g/mol. The first-order chi connectivity index (χ1) is 9.60. The van der Waals surface area contributed by atoms with Crippen molar-refractivity contribution in [3.05, 3.63) is 64.7 Å². The highest BCUT2D eigenvalue weighted by molar-refractivity contribution is 5.47. The van der Waals surface area contributed by atoms with Crippen LogP contribution in [0.15, 0.2) is 42.5 Å². The zero-order valence-electron chi connectivity index (χ0n) is 12.7. The molecule has 20 heavy (non-hydrogen) atoms. The number of anilines is 1. The number of aryl methyl sites for hydroxylation is 2. The van der Waals surface area contributed by atoms with Gasteiger partial charge in [0.1, 0.15) is 0 Å². The summed E-state index contributed by atoms with van der Waals surface area (Å²) >= 11 is 0. The summed E-state index contributed by atoms with van der Waals surface area (Å²) in [6.07, 6.45) is 0.123. The van der Waals surface area contributed by atoms with Crippen molar-refractivity contribution < 1.29 is 4.74 Å². The maximum Gasteiger partial charge on any atom is 0.0793 e. The van der Waals surface area contributed by atoms with Crippen LogP contribution in [0.1, 0.15) is 35.3 Å². The molecule has 2 heteroatoms. The fraction of sp³-hybridized carbons (Fsp3) is 0.333. The molecule has 0 fully saturated rings. The second kappa shape index (κ2) is 6.58. The second-order valence-corrected chi connectivity index (χ2v) is 5.29. The van der Waals surface area contributed by atoms with E-state index in [1.54, 1.807) is 7.11 Å². The molecule has 0 saturated heterocycles. The Balaban J connectivity index is 2.09. The summed E-state index contributed by atoms with van der Waals surface area (Å²) < 4.78 is 5.36. The fourth-order valence-electron chi connectivity index (χ4n) is 2.23. The quantitative estimate of drug-likeness (QED) is 0.855. The lowest BCUT2D eigenvalue weighted by Gasteiger charge is -2.13. The standard InChI is InChI=1S/C18H23NO/c1-13-8-9-14(2)17(10-13)12-19-18-7-5-6-16(11-18)15(3)20-4/h5-11,15,19H,12H2,1-4H3. The van der Waals surface area contributed by atoms with E-state index < -0.39 is 0 Å². The molecular formula is C18H23NO. The molecule has 1 N–H and O–H groups in total. The van der Waals surface area contributed by atoms with Gasteiger partial charge in [-0.15, -0.1) is 0 Å². The number of nitrogens with one attached hydrogen (secondary N) is 1. The number of hydrogen-bond acceptors (Lipinski definition) is 2. The first-order valence-electron chi connectivity index (χ1n) is 7.03. The predicted octanol–water partition coefficient (Wildman–Crippen LogP) is 4.62. The molecule has 0 saturated carbocycles. The molecule has 2 nitrogen and oxygen atoms in total. The number of ether oxygens (including phenoxy) is 1. The molecule has 0 aliphatic heterocycles. The molecule has 0 aromatic heterocycles. The Hall–Kier alpha value is -1.80. The van der Waals surface area contributed by atoms with Crippen LogP contribution < -0.4 is 5.32 Å². The van der Waals surface area contributed by atoms with Gasteiger partial charge < -0.3 is 10.1 Å². The summed E-state index contributed by atoms with van der Waals surface area (Å²) in [6, 6.07) is 15.0. The largest absolute Gasteiger partial charge is 0.381 e. The van der Waals surface area contributed by atoms with Gasteiger partial charge >= 0.3 is 0 Å². The van der Waals surface area contributed by atoms with Gasteiger partial charge in [-0.25, -0.2) is 0 Å². The van der Waals surface area contributed by atoms with Crippen molar-refractivity contribution in [2.45, 2.75) is 33.4 Å². The van der Waals surface area contributed by atoms with E-state index in [0.717, 1.165) is 12.2 Å². The summed E-state index contributed by atoms with van der Waals surface area (Å²) in [5.74, 6) is 0. The van der Waals surface area contributed by atoms with E-state index in [0.29, 0.717) is 0 Å². The minimum Gasteiger partial charge on any atom is -0.381 e. The number of rotatable bonds is 5. The van der Waals surface area contributed by atoms with Crippen LogP contribution in [0.2, 0.25) is 0 Å². The van der Waals surface area contributed by atoms with Crippen molar-refractivity contribution in [2.24, 2.45) is 0 Å². The average Bonchev–Trinajstić information content (AvgIpc) is 2.47. The maximum absolute atomic E-state index is 5.36. The summed E-state index contributed by atoms with van der Waals surface area (Å²) in [4.78, 5) is 0. The number of benzene rings is 2. The van der Waals surface area contributed by atoms with Gasteiger partial charge in [0.2, 0.25) is 0 Å². The van der Waals surface area contributed by atoms with E-state index in [-0.39, 0.29) is 6.10 Å². The third kappa shape index (κ3) is 3.61. The molecule has 1 unspecified atom stereocenters. The van der Waals surface area contributed by atoms with Crippen molar-refractivity contribution in [3.63, 3.8) is 0 Å². The smallest absolute Gasteiger partial charge is 0.0793 e. The first-order valence-corrected chi connectivity index (χ1v) is 7.03. The van der Waals surface area contributed by atoms with Crippen LogP contribution in [-0.2, 0) is 11.3 Å². The lowest BCUT2D eigenvalue weighted by molar-refractivity contribution is 0.119. The van der Waals surface area contributed by atoms with Gasteiger partial charge in [-0.1, -0.05) is 35.9 Å². The molecule has 2 aromatic rings. The highest BCUT2D eigenvalue weighted by Gasteiger charge is 2.04. The van der Waals surface area contributed by atoms with Crippen LogP contribution >= 0.6 is 0 Å². The highest BCUT2D eigenvalue weighted by Crippen LogP contribution is 2.20. The molecule has 0 bridgehead atoms. The normalized spacial score (nSPS) is 12.2. The van der Waals surface area contributed by atoms with Crippen LogP contribution in [0.3, 0.4) is 0 Å². The lowest BCUT2D eigenvalue weighted by Crippen LogP contribution is -2.03. The van der Waals surface area contributed by atoms with Gasteiger partial charge in [0, 0.05) is 19.3 Å². The third-order valence-corrected chi connectivity index (χ3v) is 3.70. The molecule has 0 spiro atoms. The van der Waals surface area contributed by atoms with Gasteiger partial charge in [-0.05, 0) is 49.6 Å². The molecule has 106 valence electrons. The third-order valence-electron chi connectivity index (χ3n) is 3.70. The Morgan fingerprint density at radius 2 is 1.90 bits per heavy atom. The molecule has 1 atom stereocenters. The monoisotopic (exact) mass is 269 g/mol. The van der Waals surface area contributed by atoms with Crippen molar-refractivity contribution in [3.8, 4) is 0 Å². The highest BCUT2D eigenvalue weighted by atomic mass is 16.5. The Morgan fingerprint density at radius 3 is 2.65 bits per heavy atom. The van der Waals surface area contributed by atoms with Gasteiger partial charge in [-0.3, -0.25) is 0 Å².